The minimum absolute atomic E-state index is 0.132. The zero-order valence-corrected chi connectivity index (χ0v) is 12.8. The average Bonchev–Trinajstić information content (AvgIpc) is 3.16. The Morgan fingerprint density at radius 1 is 1.41 bits per heavy atom. The highest BCUT2D eigenvalue weighted by atomic mass is 32.1. The Hall–Kier alpha value is -2.25. The lowest BCUT2D eigenvalue weighted by Gasteiger charge is -2.04. The van der Waals surface area contributed by atoms with E-state index in [0.717, 1.165) is 12.2 Å². The van der Waals surface area contributed by atoms with Crippen LogP contribution < -0.4 is 11.1 Å². The number of carbonyl (C=O) groups is 1. The molecule has 0 bridgehead atoms. The number of H-pyrrole nitrogens is 1. The number of thiophene rings is 1. The predicted molar refractivity (Wildman–Crippen MR) is 87.0 cm³/mol. The highest BCUT2D eigenvalue weighted by molar-refractivity contribution is 7.09. The van der Waals surface area contributed by atoms with E-state index in [-0.39, 0.29) is 5.91 Å². The van der Waals surface area contributed by atoms with Gasteiger partial charge in [-0.1, -0.05) is 6.07 Å². The molecule has 0 fully saturated rings. The SMILES string of the molecule is NCCCNC(=O)c1ccnc2nc(Cc3cccs3)[nH]c12. The molecule has 6 nitrogen and oxygen atoms in total. The number of hydrogen-bond acceptors (Lipinski definition) is 5. The number of aromatic nitrogens is 3. The van der Waals surface area contributed by atoms with E-state index in [1.807, 2.05) is 11.4 Å². The molecule has 0 atom stereocenters. The van der Waals surface area contributed by atoms with Gasteiger partial charge in [-0.05, 0) is 30.5 Å². The predicted octanol–water partition coefficient (Wildman–Crippen LogP) is 1.69. The smallest absolute Gasteiger partial charge is 0.253 e. The molecule has 0 unspecified atom stereocenters. The second-order valence-corrected chi connectivity index (χ2v) is 5.93. The fourth-order valence-corrected chi connectivity index (χ4v) is 2.92. The summed E-state index contributed by atoms with van der Waals surface area (Å²) in [5.74, 6) is 0.680. The Morgan fingerprint density at radius 2 is 2.32 bits per heavy atom. The van der Waals surface area contributed by atoms with E-state index in [1.165, 1.54) is 4.88 Å². The molecule has 0 aromatic carbocycles. The van der Waals surface area contributed by atoms with Gasteiger partial charge in [-0.25, -0.2) is 9.97 Å². The Kier molecular flexibility index (Phi) is 4.45. The van der Waals surface area contributed by atoms with Crippen molar-refractivity contribution in [3.8, 4) is 0 Å². The number of pyridine rings is 1. The molecule has 7 heteroatoms. The zero-order chi connectivity index (χ0) is 15.4. The summed E-state index contributed by atoms with van der Waals surface area (Å²) in [6, 6.07) is 5.77. The van der Waals surface area contributed by atoms with Crippen molar-refractivity contribution in [3.63, 3.8) is 0 Å². The lowest BCUT2D eigenvalue weighted by molar-refractivity contribution is 0.0955. The lowest BCUT2D eigenvalue weighted by Crippen LogP contribution is -2.26. The summed E-state index contributed by atoms with van der Waals surface area (Å²) in [5.41, 5.74) is 7.24. The fraction of sp³-hybridized carbons (Fsp3) is 0.267. The topological polar surface area (TPSA) is 96.7 Å². The maximum atomic E-state index is 12.2. The molecular formula is C15H17N5OS. The van der Waals surface area contributed by atoms with Crippen molar-refractivity contribution < 1.29 is 4.79 Å². The molecule has 0 spiro atoms. The summed E-state index contributed by atoms with van der Waals surface area (Å²) in [7, 11) is 0. The quantitative estimate of drug-likeness (QED) is 0.603. The summed E-state index contributed by atoms with van der Waals surface area (Å²) < 4.78 is 0. The standard InChI is InChI=1S/C15H17N5OS/c16-5-2-6-18-15(21)11-4-7-17-14-13(11)19-12(20-14)9-10-3-1-8-22-10/h1,3-4,7-8H,2,5-6,9,16H2,(H,18,21)(H,17,19,20). The van der Waals surface area contributed by atoms with Gasteiger partial charge >= 0.3 is 0 Å². The minimum atomic E-state index is -0.132. The van der Waals surface area contributed by atoms with Crippen LogP contribution in [0.3, 0.4) is 0 Å². The number of hydrogen-bond donors (Lipinski definition) is 3. The third-order valence-corrected chi connectivity index (χ3v) is 4.15. The second kappa shape index (κ2) is 6.67. The van der Waals surface area contributed by atoms with Crippen molar-refractivity contribution in [2.24, 2.45) is 5.73 Å². The summed E-state index contributed by atoms with van der Waals surface area (Å²) in [6.45, 7) is 1.12. The normalized spacial score (nSPS) is 11.0. The Balaban J connectivity index is 1.85. The van der Waals surface area contributed by atoms with Crippen LogP contribution in [0.2, 0.25) is 0 Å². The monoisotopic (exact) mass is 315 g/mol. The highest BCUT2D eigenvalue weighted by Gasteiger charge is 2.14. The molecule has 0 aliphatic heterocycles. The third kappa shape index (κ3) is 3.15. The van der Waals surface area contributed by atoms with Gasteiger partial charge in [0.1, 0.15) is 5.82 Å². The van der Waals surface area contributed by atoms with E-state index in [1.54, 1.807) is 23.6 Å². The first kappa shape index (κ1) is 14.7. The molecule has 0 aliphatic rings. The van der Waals surface area contributed by atoms with Crippen molar-refractivity contribution in [2.45, 2.75) is 12.8 Å². The molecule has 0 saturated carbocycles. The van der Waals surface area contributed by atoms with Crippen molar-refractivity contribution in [3.05, 3.63) is 46.0 Å². The van der Waals surface area contributed by atoms with Crippen molar-refractivity contribution in [1.29, 1.82) is 0 Å². The number of imidazole rings is 1. The number of nitrogens with zero attached hydrogens (tertiary/aromatic N) is 2. The molecule has 114 valence electrons. The van der Waals surface area contributed by atoms with E-state index >= 15 is 0 Å². The van der Waals surface area contributed by atoms with Gasteiger partial charge in [0.15, 0.2) is 5.65 Å². The van der Waals surface area contributed by atoms with Gasteiger partial charge in [0.05, 0.1) is 11.1 Å². The van der Waals surface area contributed by atoms with Gasteiger partial charge in [0.2, 0.25) is 0 Å². The van der Waals surface area contributed by atoms with Gasteiger partial charge in [0.25, 0.3) is 5.91 Å². The number of rotatable bonds is 6. The van der Waals surface area contributed by atoms with Crippen LogP contribution in [0.1, 0.15) is 27.5 Å². The largest absolute Gasteiger partial charge is 0.352 e. The summed E-state index contributed by atoms with van der Waals surface area (Å²) in [6.07, 6.45) is 3.07. The first-order chi connectivity index (χ1) is 10.8. The molecule has 0 saturated heterocycles. The van der Waals surface area contributed by atoms with Gasteiger partial charge < -0.3 is 16.0 Å². The number of nitrogens with two attached hydrogens (primary N) is 1. The van der Waals surface area contributed by atoms with E-state index in [9.17, 15) is 4.79 Å². The Morgan fingerprint density at radius 3 is 3.09 bits per heavy atom. The second-order valence-electron chi connectivity index (χ2n) is 4.89. The van der Waals surface area contributed by atoms with Crippen LogP contribution in [0.25, 0.3) is 11.2 Å². The fourth-order valence-electron chi connectivity index (χ4n) is 2.21. The van der Waals surface area contributed by atoms with Gasteiger partial charge in [0, 0.05) is 24.0 Å². The van der Waals surface area contributed by atoms with Gasteiger partial charge in [-0.15, -0.1) is 11.3 Å². The van der Waals surface area contributed by atoms with Crippen LogP contribution in [0.15, 0.2) is 29.8 Å². The molecular weight excluding hydrogens is 298 g/mol. The Bertz CT molecular complexity index is 765. The van der Waals surface area contributed by atoms with Crippen molar-refractivity contribution in [2.75, 3.05) is 13.1 Å². The number of fused-ring (bicyclic) bond motifs is 1. The average molecular weight is 315 g/mol. The minimum Gasteiger partial charge on any atom is -0.352 e. The maximum absolute atomic E-state index is 12.2. The molecule has 0 radical (unpaired) electrons. The summed E-state index contributed by atoms with van der Waals surface area (Å²) >= 11 is 1.68. The number of carbonyl (C=O) groups excluding carboxylic acids is 1. The molecule has 4 N–H and O–H groups in total. The van der Waals surface area contributed by atoms with Crippen molar-refractivity contribution >= 4 is 28.4 Å². The highest BCUT2D eigenvalue weighted by Crippen LogP contribution is 2.18. The summed E-state index contributed by atoms with van der Waals surface area (Å²) in [4.78, 5) is 25.4. The first-order valence-electron chi connectivity index (χ1n) is 7.12. The van der Waals surface area contributed by atoms with Crippen LogP contribution in [0.4, 0.5) is 0 Å². The van der Waals surface area contributed by atoms with E-state index in [2.05, 4.69) is 26.3 Å². The van der Waals surface area contributed by atoms with Crippen LogP contribution in [0, 0.1) is 0 Å². The molecule has 1 amide bonds. The number of amides is 1. The first-order valence-corrected chi connectivity index (χ1v) is 8.00. The van der Waals surface area contributed by atoms with Crippen LogP contribution in [-0.4, -0.2) is 33.9 Å². The van der Waals surface area contributed by atoms with Gasteiger partial charge in [-0.2, -0.15) is 0 Å². The molecule has 3 aromatic heterocycles. The van der Waals surface area contributed by atoms with Crippen LogP contribution in [0.5, 0.6) is 0 Å². The molecule has 22 heavy (non-hydrogen) atoms. The zero-order valence-electron chi connectivity index (χ0n) is 12.0. The molecule has 3 rings (SSSR count). The molecule has 0 aliphatic carbocycles. The number of aromatic amines is 1. The lowest BCUT2D eigenvalue weighted by atomic mass is 10.2. The maximum Gasteiger partial charge on any atom is 0.253 e. The van der Waals surface area contributed by atoms with Gasteiger partial charge in [-0.3, -0.25) is 4.79 Å². The molecule has 3 heterocycles. The van der Waals surface area contributed by atoms with E-state index < -0.39 is 0 Å². The van der Waals surface area contributed by atoms with E-state index in [0.29, 0.717) is 36.2 Å². The summed E-state index contributed by atoms with van der Waals surface area (Å²) in [5, 5.41) is 4.89. The third-order valence-electron chi connectivity index (χ3n) is 3.27. The Labute approximate surface area is 131 Å². The van der Waals surface area contributed by atoms with Crippen molar-refractivity contribution in [1.82, 2.24) is 20.3 Å². The van der Waals surface area contributed by atoms with Crippen LogP contribution in [-0.2, 0) is 6.42 Å². The van der Waals surface area contributed by atoms with E-state index in [4.69, 9.17) is 5.73 Å². The molecule has 3 aromatic rings. The van der Waals surface area contributed by atoms with Crippen LogP contribution >= 0.6 is 11.3 Å². The number of nitrogens with one attached hydrogen (secondary N) is 2.